The lowest BCUT2D eigenvalue weighted by Crippen LogP contribution is -2.25. The number of nitro groups is 1. The molecule has 0 saturated carbocycles. The maximum atomic E-state index is 13.6. The Balaban J connectivity index is 1.81. The van der Waals surface area contributed by atoms with Gasteiger partial charge in [-0.3, -0.25) is 14.9 Å². The summed E-state index contributed by atoms with van der Waals surface area (Å²) in [6.45, 7) is 0.320. The van der Waals surface area contributed by atoms with Crippen molar-refractivity contribution in [2.75, 3.05) is 12.3 Å². The SMILES string of the molecule is O=C(NCCCSc1ncccn1)c1cc([N+](=O)[O-])ccc1F. The highest BCUT2D eigenvalue weighted by molar-refractivity contribution is 7.99. The van der Waals surface area contributed by atoms with Crippen LogP contribution in [0.25, 0.3) is 0 Å². The zero-order valence-electron chi connectivity index (χ0n) is 11.9. The second kappa shape index (κ2) is 8.18. The maximum Gasteiger partial charge on any atom is 0.270 e. The second-order valence-corrected chi connectivity index (χ2v) is 5.47. The van der Waals surface area contributed by atoms with Gasteiger partial charge in [-0.15, -0.1) is 0 Å². The monoisotopic (exact) mass is 336 g/mol. The van der Waals surface area contributed by atoms with Crippen molar-refractivity contribution in [3.63, 3.8) is 0 Å². The highest BCUT2D eigenvalue weighted by atomic mass is 32.2. The average Bonchev–Trinajstić information content (AvgIpc) is 2.55. The molecule has 0 saturated heterocycles. The topological polar surface area (TPSA) is 98.0 Å². The molecule has 0 atom stereocenters. The van der Waals surface area contributed by atoms with Crippen LogP contribution < -0.4 is 5.32 Å². The minimum Gasteiger partial charge on any atom is -0.352 e. The largest absolute Gasteiger partial charge is 0.352 e. The number of aromatic nitrogens is 2. The Morgan fingerprint density at radius 1 is 1.35 bits per heavy atom. The first-order valence-corrected chi connectivity index (χ1v) is 7.68. The van der Waals surface area contributed by atoms with Crippen molar-refractivity contribution in [1.29, 1.82) is 0 Å². The Hall–Kier alpha value is -2.55. The van der Waals surface area contributed by atoms with Gasteiger partial charge in [0.25, 0.3) is 11.6 Å². The second-order valence-electron chi connectivity index (χ2n) is 4.41. The van der Waals surface area contributed by atoms with Gasteiger partial charge in [0.15, 0.2) is 5.16 Å². The molecule has 23 heavy (non-hydrogen) atoms. The van der Waals surface area contributed by atoms with Gasteiger partial charge in [0.2, 0.25) is 0 Å². The highest BCUT2D eigenvalue weighted by Crippen LogP contribution is 2.17. The first-order chi connectivity index (χ1) is 11.1. The molecular formula is C14H13FN4O3S. The molecule has 9 heteroatoms. The van der Waals surface area contributed by atoms with Crippen LogP contribution in [0.1, 0.15) is 16.8 Å². The van der Waals surface area contributed by atoms with Crippen LogP contribution in [0.4, 0.5) is 10.1 Å². The van der Waals surface area contributed by atoms with Crippen LogP contribution in [0.2, 0.25) is 0 Å². The van der Waals surface area contributed by atoms with E-state index < -0.39 is 16.6 Å². The van der Waals surface area contributed by atoms with Crippen LogP contribution in [0.5, 0.6) is 0 Å². The van der Waals surface area contributed by atoms with E-state index in [1.165, 1.54) is 11.8 Å². The lowest BCUT2D eigenvalue weighted by Gasteiger charge is -2.06. The smallest absolute Gasteiger partial charge is 0.270 e. The molecule has 0 spiro atoms. The number of halogens is 1. The van der Waals surface area contributed by atoms with Gasteiger partial charge in [-0.2, -0.15) is 0 Å². The fourth-order valence-electron chi connectivity index (χ4n) is 1.69. The summed E-state index contributed by atoms with van der Waals surface area (Å²) in [5.41, 5.74) is -0.661. The van der Waals surface area contributed by atoms with Crippen LogP contribution in [0, 0.1) is 15.9 Å². The molecule has 0 unspecified atom stereocenters. The van der Waals surface area contributed by atoms with Gasteiger partial charge in [-0.25, -0.2) is 14.4 Å². The molecule has 1 aromatic carbocycles. The fourth-order valence-corrected chi connectivity index (χ4v) is 2.44. The quantitative estimate of drug-likeness (QED) is 0.274. The van der Waals surface area contributed by atoms with Gasteiger partial charge in [-0.05, 0) is 18.6 Å². The molecule has 2 aromatic rings. The predicted molar refractivity (Wildman–Crippen MR) is 82.8 cm³/mol. The third kappa shape index (κ3) is 4.99. The molecule has 2 rings (SSSR count). The number of thioether (sulfide) groups is 1. The standard InChI is InChI=1S/C14H13FN4O3S/c15-12-4-3-10(19(21)22)9-11(12)13(20)16-7-2-8-23-14-17-5-1-6-18-14/h1,3-6,9H,2,7-8H2,(H,16,20). The summed E-state index contributed by atoms with van der Waals surface area (Å²) < 4.78 is 13.6. The van der Waals surface area contributed by atoms with Gasteiger partial charge >= 0.3 is 0 Å². The molecule has 120 valence electrons. The molecule has 1 amide bonds. The number of nitrogens with zero attached hydrogens (tertiary/aromatic N) is 3. The van der Waals surface area contributed by atoms with E-state index in [0.29, 0.717) is 23.9 Å². The lowest BCUT2D eigenvalue weighted by atomic mass is 10.1. The van der Waals surface area contributed by atoms with Crippen LogP contribution in [0.3, 0.4) is 0 Å². The summed E-state index contributed by atoms with van der Waals surface area (Å²) >= 11 is 1.44. The van der Waals surface area contributed by atoms with Crippen molar-refractivity contribution in [2.45, 2.75) is 11.6 Å². The lowest BCUT2D eigenvalue weighted by molar-refractivity contribution is -0.384. The zero-order valence-corrected chi connectivity index (χ0v) is 12.8. The molecule has 0 aliphatic heterocycles. The van der Waals surface area contributed by atoms with Gasteiger partial charge in [-0.1, -0.05) is 11.8 Å². The number of hydrogen-bond donors (Lipinski definition) is 1. The zero-order chi connectivity index (χ0) is 16.7. The number of benzene rings is 1. The molecule has 7 nitrogen and oxygen atoms in total. The molecule has 0 bridgehead atoms. The van der Waals surface area contributed by atoms with Gasteiger partial charge in [0.05, 0.1) is 10.5 Å². The van der Waals surface area contributed by atoms with Crippen LogP contribution in [-0.4, -0.2) is 33.1 Å². The van der Waals surface area contributed by atoms with Crippen LogP contribution in [0.15, 0.2) is 41.8 Å². The summed E-state index contributed by atoms with van der Waals surface area (Å²) in [7, 11) is 0. The number of nitro benzene ring substituents is 1. The van der Waals surface area contributed by atoms with E-state index in [0.717, 1.165) is 18.2 Å². The number of amides is 1. The van der Waals surface area contributed by atoms with E-state index >= 15 is 0 Å². The van der Waals surface area contributed by atoms with Crippen molar-refractivity contribution in [2.24, 2.45) is 0 Å². The first kappa shape index (κ1) is 16.8. The van der Waals surface area contributed by atoms with E-state index in [9.17, 15) is 19.3 Å². The molecule has 1 N–H and O–H groups in total. The highest BCUT2D eigenvalue weighted by Gasteiger charge is 2.16. The van der Waals surface area contributed by atoms with Crippen molar-refractivity contribution in [1.82, 2.24) is 15.3 Å². The molecule has 0 radical (unpaired) electrons. The summed E-state index contributed by atoms with van der Waals surface area (Å²) in [6.07, 6.45) is 3.91. The number of hydrogen-bond acceptors (Lipinski definition) is 6. The Morgan fingerprint density at radius 3 is 2.78 bits per heavy atom. The van der Waals surface area contributed by atoms with E-state index in [2.05, 4.69) is 15.3 Å². The van der Waals surface area contributed by atoms with Gasteiger partial charge in [0.1, 0.15) is 5.82 Å². The molecule has 0 aliphatic rings. The van der Waals surface area contributed by atoms with Crippen molar-refractivity contribution in [3.05, 3.63) is 58.2 Å². The summed E-state index contributed by atoms with van der Waals surface area (Å²) in [6, 6.07) is 4.58. The van der Waals surface area contributed by atoms with Crippen LogP contribution >= 0.6 is 11.8 Å². The van der Waals surface area contributed by atoms with Crippen LogP contribution in [-0.2, 0) is 0 Å². The maximum absolute atomic E-state index is 13.6. The van der Waals surface area contributed by atoms with Crippen molar-refractivity contribution >= 4 is 23.4 Å². The van der Waals surface area contributed by atoms with Crippen molar-refractivity contribution in [3.8, 4) is 0 Å². The molecule has 1 aromatic heterocycles. The Kier molecular flexibility index (Phi) is 5.98. The number of carbonyl (C=O) groups is 1. The Bertz CT molecular complexity index is 700. The van der Waals surface area contributed by atoms with E-state index in [-0.39, 0.29) is 11.3 Å². The Morgan fingerprint density at radius 2 is 2.09 bits per heavy atom. The number of nitrogens with one attached hydrogen (secondary N) is 1. The molecule has 0 fully saturated rings. The number of rotatable bonds is 7. The molecular weight excluding hydrogens is 323 g/mol. The molecule has 1 heterocycles. The number of non-ortho nitro benzene ring substituents is 1. The van der Waals surface area contributed by atoms with Gasteiger partial charge in [0, 0.05) is 36.8 Å². The predicted octanol–water partition coefficient (Wildman–Crippen LogP) is 2.44. The van der Waals surface area contributed by atoms with Gasteiger partial charge < -0.3 is 5.32 Å². The summed E-state index contributed by atoms with van der Waals surface area (Å²) in [4.78, 5) is 29.9. The minimum atomic E-state index is -0.792. The summed E-state index contributed by atoms with van der Waals surface area (Å²) in [5.74, 6) is -0.783. The third-order valence-corrected chi connectivity index (χ3v) is 3.75. The first-order valence-electron chi connectivity index (χ1n) is 6.70. The minimum absolute atomic E-state index is 0.320. The normalized spacial score (nSPS) is 10.3. The number of carbonyl (C=O) groups excluding carboxylic acids is 1. The molecule has 0 aliphatic carbocycles. The van der Waals surface area contributed by atoms with E-state index in [1.807, 2.05) is 0 Å². The third-order valence-electron chi connectivity index (χ3n) is 2.79. The summed E-state index contributed by atoms with van der Waals surface area (Å²) in [5, 5.41) is 13.8. The fraction of sp³-hybridized carbons (Fsp3) is 0.214. The van der Waals surface area contributed by atoms with E-state index in [1.54, 1.807) is 18.5 Å². The van der Waals surface area contributed by atoms with E-state index in [4.69, 9.17) is 0 Å². The Labute approximate surface area is 135 Å². The average molecular weight is 336 g/mol. The van der Waals surface area contributed by atoms with Crippen molar-refractivity contribution < 1.29 is 14.1 Å².